The second kappa shape index (κ2) is 4.94. The van der Waals surface area contributed by atoms with Crippen molar-refractivity contribution in [3.63, 3.8) is 0 Å². The monoisotopic (exact) mass is 157 g/mol. The Morgan fingerprint density at radius 1 is 1.55 bits per heavy atom. The average molecular weight is 157 g/mol. The van der Waals surface area contributed by atoms with E-state index in [1.807, 2.05) is 19.9 Å². The summed E-state index contributed by atoms with van der Waals surface area (Å²) in [4.78, 5) is 0. The second-order valence-electron chi connectivity index (χ2n) is 3.01. The molecular weight excluding hydrogens is 141 g/mol. The lowest BCUT2D eigenvalue weighted by Crippen LogP contribution is -2.03. The molecule has 0 saturated carbocycles. The molecule has 0 aromatic carbocycles. The van der Waals surface area contributed by atoms with E-state index >= 15 is 0 Å². The molecule has 0 amide bonds. The first-order valence-electron chi connectivity index (χ1n) is 3.78. The molecule has 1 nitrogen and oxygen atoms in total. The Balaban J connectivity index is 3.68. The van der Waals surface area contributed by atoms with Crippen LogP contribution in [0.1, 0.15) is 20.3 Å². The van der Waals surface area contributed by atoms with Gasteiger partial charge in [0.2, 0.25) is 0 Å². The first-order valence-corrected chi connectivity index (χ1v) is 3.78. The maximum absolute atomic E-state index is 12.8. The highest BCUT2D eigenvalue weighted by atomic mass is 19.1. The summed E-state index contributed by atoms with van der Waals surface area (Å²) in [5.74, 6) is 0.388. The minimum absolute atomic E-state index is 0.225. The van der Waals surface area contributed by atoms with Crippen LogP contribution in [0.4, 0.5) is 4.39 Å². The van der Waals surface area contributed by atoms with Gasteiger partial charge in [0.05, 0.1) is 0 Å². The summed E-state index contributed by atoms with van der Waals surface area (Å²) < 4.78 is 12.8. The van der Waals surface area contributed by atoms with Crippen molar-refractivity contribution in [2.75, 3.05) is 0 Å². The smallest absolute Gasteiger partial charge is 0.124 e. The molecule has 0 aliphatic rings. The highest BCUT2D eigenvalue weighted by Crippen LogP contribution is 2.05. The van der Waals surface area contributed by atoms with Gasteiger partial charge in [-0.25, -0.2) is 4.39 Å². The largest absolute Gasteiger partial charge is 0.402 e. The molecule has 1 atom stereocenters. The van der Waals surface area contributed by atoms with Crippen molar-refractivity contribution in [3.05, 3.63) is 24.4 Å². The molecule has 0 fully saturated rings. The molecule has 2 heteroatoms. The van der Waals surface area contributed by atoms with Gasteiger partial charge in [0.1, 0.15) is 6.17 Å². The number of nitrogens with two attached hydrogens (primary N) is 1. The van der Waals surface area contributed by atoms with E-state index in [-0.39, 0.29) is 6.42 Å². The van der Waals surface area contributed by atoms with Gasteiger partial charge >= 0.3 is 0 Å². The van der Waals surface area contributed by atoms with Crippen LogP contribution in [-0.4, -0.2) is 6.17 Å². The minimum Gasteiger partial charge on any atom is -0.402 e. The highest BCUT2D eigenvalue weighted by molar-refractivity contribution is 4.98. The molecule has 0 aromatic rings. The molecule has 0 aliphatic heterocycles. The molecule has 0 saturated heterocycles. The summed E-state index contributed by atoms with van der Waals surface area (Å²) >= 11 is 0. The molecule has 0 spiro atoms. The zero-order chi connectivity index (χ0) is 8.85. The third kappa shape index (κ3) is 7.10. The van der Waals surface area contributed by atoms with Crippen molar-refractivity contribution >= 4 is 0 Å². The fourth-order valence-electron chi connectivity index (χ4n) is 0.661. The molecule has 11 heavy (non-hydrogen) atoms. The third-order valence-corrected chi connectivity index (χ3v) is 1.16. The normalized spacial score (nSPS) is 14.2. The van der Waals surface area contributed by atoms with E-state index in [0.717, 1.165) is 0 Å². The fraction of sp³-hybridized carbons (Fsp3) is 0.556. The number of alkyl halides is 1. The van der Waals surface area contributed by atoms with Crippen molar-refractivity contribution in [3.8, 4) is 0 Å². The maximum atomic E-state index is 12.8. The molecule has 0 aromatic heterocycles. The second-order valence-corrected chi connectivity index (χ2v) is 3.01. The summed E-state index contributed by atoms with van der Waals surface area (Å²) in [6.07, 6.45) is 2.61. The van der Waals surface area contributed by atoms with Crippen molar-refractivity contribution < 1.29 is 4.39 Å². The number of hydrogen-bond donors (Lipinski definition) is 1. The summed E-state index contributed by atoms with van der Waals surface area (Å²) in [5, 5.41) is 0. The lowest BCUT2D eigenvalue weighted by Gasteiger charge is -2.01. The SMILES string of the molecule is C=C(N)CC(F)/C=C\C(C)C. The first kappa shape index (κ1) is 10.2. The number of halogens is 1. The third-order valence-electron chi connectivity index (χ3n) is 1.16. The summed E-state index contributed by atoms with van der Waals surface area (Å²) in [6, 6.07) is 0. The van der Waals surface area contributed by atoms with Crippen molar-refractivity contribution in [1.82, 2.24) is 0 Å². The molecule has 0 aliphatic carbocycles. The van der Waals surface area contributed by atoms with Crippen LogP contribution in [0, 0.1) is 5.92 Å². The summed E-state index contributed by atoms with van der Waals surface area (Å²) in [6.45, 7) is 7.43. The number of hydrogen-bond acceptors (Lipinski definition) is 1. The van der Waals surface area contributed by atoms with Crippen LogP contribution in [0.5, 0.6) is 0 Å². The highest BCUT2D eigenvalue weighted by Gasteiger charge is 2.01. The number of allylic oxidation sites excluding steroid dienone is 3. The molecular formula is C9H16FN. The standard InChI is InChI=1S/C9H16FN/c1-7(2)4-5-9(10)6-8(3)11/h4-5,7,9H,3,6,11H2,1-2H3/b5-4-. The minimum atomic E-state index is -0.977. The Bertz CT molecular complexity index is 150. The first-order chi connectivity index (χ1) is 5.02. The van der Waals surface area contributed by atoms with Gasteiger partial charge in [-0.2, -0.15) is 0 Å². The van der Waals surface area contributed by atoms with Gasteiger partial charge < -0.3 is 5.73 Å². The fourth-order valence-corrected chi connectivity index (χ4v) is 0.661. The van der Waals surface area contributed by atoms with Gasteiger partial charge in [0.25, 0.3) is 0 Å². The van der Waals surface area contributed by atoms with Crippen LogP contribution in [-0.2, 0) is 0 Å². The van der Waals surface area contributed by atoms with Crippen molar-refractivity contribution in [2.45, 2.75) is 26.4 Å². The van der Waals surface area contributed by atoms with E-state index < -0.39 is 6.17 Å². The molecule has 64 valence electrons. The Morgan fingerprint density at radius 2 is 2.09 bits per heavy atom. The molecule has 0 rings (SSSR count). The molecule has 2 N–H and O–H groups in total. The van der Waals surface area contributed by atoms with Crippen LogP contribution >= 0.6 is 0 Å². The predicted molar refractivity (Wildman–Crippen MR) is 46.8 cm³/mol. The molecule has 0 heterocycles. The summed E-state index contributed by atoms with van der Waals surface area (Å²) in [7, 11) is 0. The predicted octanol–water partition coefficient (Wildman–Crippen LogP) is 2.40. The van der Waals surface area contributed by atoms with Gasteiger partial charge in [-0.3, -0.25) is 0 Å². The van der Waals surface area contributed by atoms with Crippen LogP contribution < -0.4 is 5.73 Å². The van der Waals surface area contributed by atoms with E-state index in [0.29, 0.717) is 11.6 Å². The van der Waals surface area contributed by atoms with E-state index in [1.54, 1.807) is 0 Å². The lowest BCUT2D eigenvalue weighted by atomic mass is 10.1. The Kier molecular flexibility index (Phi) is 4.59. The quantitative estimate of drug-likeness (QED) is 0.623. The van der Waals surface area contributed by atoms with Gasteiger partial charge in [-0.05, 0) is 5.92 Å². The lowest BCUT2D eigenvalue weighted by molar-refractivity contribution is 0.395. The van der Waals surface area contributed by atoms with Crippen molar-refractivity contribution in [2.24, 2.45) is 11.7 Å². The molecule has 0 bridgehead atoms. The Labute approximate surface area is 67.8 Å². The van der Waals surface area contributed by atoms with E-state index in [2.05, 4.69) is 6.58 Å². The van der Waals surface area contributed by atoms with Gasteiger partial charge in [-0.1, -0.05) is 32.6 Å². The van der Waals surface area contributed by atoms with E-state index in [1.165, 1.54) is 6.08 Å². The van der Waals surface area contributed by atoms with Gasteiger partial charge in [0.15, 0.2) is 0 Å². The molecule has 1 unspecified atom stereocenters. The average Bonchev–Trinajstić information content (AvgIpc) is 1.82. The Morgan fingerprint density at radius 3 is 2.45 bits per heavy atom. The van der Waals surface area contributed by atoms with Crippen LogP contribution in [0.2, 0.25) is 0 Å². The molecule has 0 radical (unpaired) electrons. The van der Waals surface area contributed by atoms with Crippen LogP contribution in [0.15, 0.2) is 24.4 Å². The van der Waals surface area contributed by atoms with Gasteiger partial charge in [-0.15, -0.1) is 0 Å². The maximum Gasteiger partial charge on any atom is 0.124 e. The van der Waals surface area contributed by atoms with Crippen LogP contribution in [0.25, 0.3) is 0 Å². The van der Waals surface area contributed by atoms with Crippen molar-refractivity contribution in [1.29, 1.82) is 0 Å². The van der Waals surface area contributed by atoms with Crippen LogP contribution in [0.3, 0.4) is 0 Å². The van der Waals surface area contributed by atoms with E-state index in [9.17, 15) is 4.39 Å². The number of rotatable bonds is 4. The summed E-state index contributed by atoms with van der Waals surface area (Å²) in [5.41, 5.74) is 5.63. The zero-order valence-electron chi connectivity index (χ0n) is 7.18. The Hall–Kier alpha value is -0.790. The zero-order valence-corrected chi connectivity index (χ0v) is 7.18. The topological polar surface area (TPSA) is 26.0 Å². The van der Waals surface area contributed by atoms with E-state index in [4.69, 9.17) is 5.73 Å². The van der Waals surface area contributed by atoms with Gasteiger partial charge in [0, 0.05) is 12.1 Å².